The Morgan fingerprint density at radius 1 is 0.223 bits per heavy atom. The highest BCUT2D eigenvalue weighted by molar-refractivity contribution is 6.18. The molecule has 0 amide bonds. The van der Waals surface area contributed by atoms with Crippen LogP contribution >= 0.6 is 11.6 Å². The lowest BCUT2D eigenvalue weighted by Crippen LogP contribution is -2.35. The van der Waals surface area contributed by atoms with Crippen LogP contribution < -0.4 is 0 Å². The van der Waals surface area contributed by atoms with Gasteiger partial charge in [-0.15, -0.1) is 11.6 Å². The molecule has 13 nitrogen and oxygen atoms in total. The third kappa shape index (κ3) is 98.4. The van der Waals surface area contributed by atoms with Crippen molar-refractivity contribution in [1.82, 2.24) is 14.7 Å². The van der Waals surface area contributed by atoms with Gasteiger partial charge in [-0.2, -0.15) is 0 Å². The Labute approximate surface area is 760 Å². The highest BCUT2D eigenvalue weighted by Crippen LogP contribution is 2.26. The summed E-state index contributed by atoms with van der Waals surface area (Å²) < 4.78 is 23.3. The molecule has 0 bridgehead atoms. The molecule has 0 aromatic rings. The number of aliphatic hydroxyl groups is 2. The standard InChI is InChI=1S/C53H106N2O5.C46H90ClNO4.C8H18O/c1-6-10-14-18-20-28-38-50(36-26-16-12-8-3)48-59-52(57)40-30-24-33-43-55(46-45-54(5)42-32-22-23-35-47-56)44-34-25-31-41-53(58)60-49-51(37-27-17-13-9-4)39-29-21-19-15-11-7-2;1-5-9-13-17-19-25-33-43(31-23-15-11-7-3)41-51-45(49)35-27-21-29-38-48(40-37-47)39-30-22-28-36-46(50)52-42-44(32-24-16-12-8-4)34-26-20-18-14-10-6-2;1-2-3-4-5-6-7-8-9/h50-51,56H,6-49H2,1-5H3;43-44H,5-42H2,1-4H3;9H,2-8H2,1H3. The van der Waals surface area contributed by atoms with E-state index >= 15 is 0 Å². The number of carbonyl (C=O) groups is 4. The number of halogens is 1. The Balaban J connectivity index is -0.00000210. The fraction of sp³-hybridized carbons (Fsp3) is 0.963. The van der Waals surface area contributed by atoms with Crippen molar-refractivity contribution in [2.45, 2.75) is 537 Å². The van der Waals surface area contributed by atoms with Crippen LogP contribution in [0.5, 0.6) is 0 Å². The van der Waals surface area contributed by atoms with Gasteiger partial charge in [0.25, 0.3) is 0 Å². The molecule has 0 aromatic carbocycles. The Morgan fingerprint density at radius 3 is 0.628 bits per heavy atom. The first-order valence-corrected chi connectivity index (χ1v) is 54.4. The Bertz CT molecular complexity index is 1900. The first-order chi connectivity index (χ1) is 59.3. The van der Waals surface area contributed by atoms with Crippen molar-refractivity contribution in [3.8, 4) is 0 Å². The molecule has 4 atom stereocenters. The second-order valence-corrected chi connectivity index (χ2v) is 37.7. The average molecular weight is 1740 g/mol. The van der Waals surface area contributed by atoms with E-state index < -0.39 is 0 Å². The van der Waals surface area contributed by atoms with E-state index in [2.05, 4.69) is 84.1 Å². The smallest absolute Gasteiger partial charge is 0.305 e. The molecular weight excluding hydrogens is 1520 g/mol. The van der Waals surface area contributed by atoms with Crippen molar-refractivity contribution in [3.05, 3.63) is 0 Å². The van der Waals surface area contributed by atoms with Gasteiger partial charge >= 0.3 is 23.9 Å². The number of nitrogens with zero attached hydrogens (tertiary/aromatic N) is 3. The highest BCUT2D eigenvalue weighted by Gasteiger charge is 2.19. The van der Waals surface area contributed by atoms with Gasteiger partial charge in [0, 0.05) is 64.4 Å². The molecule has 0 aliphatic rings. The number of hydrogen-bond acceptors (Lipinski definition) is 13. The van der Waals surface area contributed by atoms with Crippen molar-refractivity contribution >= 4 is 35.5 Å². The minimum Gasteiger partial charge on any atom is -0.465 e. The predicted octanol–water partition coefficient (Wildman–Crippen LogP) is 31.4. The Morgan fingerprint density at radius 2 is 0.405 bits per heavy atom. The number of aliphatic hydroxyl groups excluding tert-OH is 2. The molecule has 0 saturated carbocycles. The van der Waals surface area contributed by atoms with E-state index in [1.807, 2.05) is 0 Å². The summed E-state index contributed by atoms with van der Waals surface area (Å²) in [6.45, 7) is 31.7. The van der Waals surface area contributed by atoms with Gasteiger partial charge in [-0.1, -0.05) is 390 Å². The molecule has 2 N–H and O–H groups in total. The molecule has 0 fully saturated rings. The molecular formula is C107H214ClN3O10. The van der Waals surface area contributed by atoms with Crippen LogP contribution in [0.3, 0.4) is 0 Å². The summed E-state index contributed by atoms with van der Waals surface area (Å²) in [4.78, 5) is 58.2. The molecule has 724 valence electrons. The first kappa shape index (κ1) is 123. The number of unbranched alkanes of at least 4 members (excludes halogenated alkanes) is 48. The fourth-order valence-corrected chi connectivity index (χ4v) is 17.0. The minimum atomic E-state index is -0.0158. The summed E-state index contributed by atoms with van der Waals surface area (Å²) in [5, 5.41) is 17.5. The SMILES string of the molecule is CCCCCCCCC(CCCCCC)COC(=O)CCCCCN(CCCCCC(=O)OCC(CCCCCC)CCCCCCCC)CCN(C)CCCCCCO.CCCCCCCCC(CCCCCC)COC(=O)CCCCCN(CCCl)CCCCCC(=O)OCC(CCCCCC)CCCCCCCC.CCCCCCCCO. The third-order valence-electron chi connectivity index (χ3n) is 25.2. The van der Waals surface area contributed by atoms with Crippen molar-refractivity contribution in [2.24, 2.45) is 23.7 Å². The number of ether oxygens (including phenoxy) is 4. The van der Waals surface area contributed by atoms with E-state index in [9.17, 15) is 19.2 Å². The summed E-state index contributed by atoms with van der Waals surface area (Å²) in [6, 6.07) is 0. The van der Waals surface area contributed by atoms with E-state index in [1.54, 1.807) is 0 Å². The van der Waals surface area contributed by atoms with Gasteiger partial charge < -0.3 is 43.9 Å². The lowest BCUT2D eigenvalue weighted by Gasteiger charge is -2.25. The molecule has 0 heterocycles. The second kappa shape index (κ2) is 105. The summed E-state index contributed by atoms with van der Waals surface area (Å²) in [5.74, 6) is 2.68. The third-order valence-corrected chi connectivity index (χ3v) is 25.4. The van der Waals surface area contributed by atoms with Crippen LogP contribution in [0.25, 0.3) is 0 Å². The molecule has 0 aromatic heterocycles. The van der Waals surface area contributed by atoms with Gasteiger partial charge in [0.1, 0.15) is 0 Å². The van der Waals surface area contributed by atoms with Crippen LogP contribution in [-0.4, -0.2) is 154 Å². The average Bonchev–Trinajstić information content (AvgIpc) is 0.976. The maximum Gasteiger partial charge on any atom is 0.305 e. The maximum atomic E-state index is 12.8. The van der Waals surface area contributed by atoms with Crippen LogP contribution in [0.15, 0.2) is 0 Å². The second-order valence-electron chi connectivity index (χ2n) is 37.4. The molecule has 4 unspecified atom stereocenters. The molecule has 121 heavy (non-hydrogen) atoms. The number of carbonyl (C=O) groups excluding carboxylic acids is 4. The van der Waals surface area contributed by atoms with E-state index in [0.717, 1.165) is 149 Å². The molecule has 0 rings (SSSR count). The minimum absolute atomic E-state index is 0.00667. The van der Waals surface area contributed by atoms with Gasteiger partial charge in [0.05, 0.1) is 26.4 Å². The lowest BCUT2D eigenvalue weighted by atomic mass is 9.95. The van der Waals surface area contributed by atoms with Gasteiger partial charge in [0.2, 0.25) is 0 Å². The van der Waals surface area contributed by atoms with Crippen LogP contribution in [0, 0.1) is 23.7 Å². The number of likely N-dealkylation sites (N-methyl/N-ethyl adjacent to an activating group) is 1. The summed E-state index contributed by atoms with van der Waals surface area (Å²) in [5.41, 5.74) is 0. The topological polar surface area (TPSA) is 155 Å². The Kier molecular flexibility index (Phi) is 107. The monoisotopic (exact) mass is 1740 g/mol. The van der Waals surface area contributed by atoms with Crippen molar-refractivity contribution < 1.29 is 48.3 Å². The van der Waals surface area contributed by atoms with Crippen molar-refractivity contribution in [1.29, 1.82) is 0 Å². The zero-order valence-electron chi connectivity index (χ0n) is 83.1. The fourth-order valence-electron chi connectivity index (χ4n) is 16.7. The number of esters is 4. The summed E-state index contributed by atoms with van der Waals surface area (Å²) >= 11 is 6.13. The summed E-state index contributed by atoms with van der Waals surface area (Å²) in [7, 11) is 2.23. The lowest BCUT2D eigenvalue weighted by molar-refractivity contribution is -0.146. The van der Waals surface area contributed by atoms with Gasteiger partial charge in [0.15, 0.2) is 0 Å². The number of rotatable bonds is 97. The first-order valence-electron chi connectivity index (χ1n) is 53.8. The van der Waals surface area contributed by atoms with Gasteiger partial charge in [-0.25, -0.2) is 0 Å². The van der Waals surface area contributed by atoms with E-state index in [4.69, 9.17) is 40.8 Å². The van der Waals surface area contributed by atoms with E-state index in [-0.39, 0.29) is 23.9 Å². The van der Waals surface area contributed by atoms with Crippen molar-refractivity contribution in [2.75, 3.05) is 105 Å². The van der Waals surface area contributed by atoms with Crippen LogP contribution in [0.2, 0.25) is 0 Å². The number of hydrogen-bond donors (Lipinski definition) is 2. The zero-order chi connectivity index (χ0) is 89.1. The van der Waals surface area contributed by atoms with Gasteiger partial charge in [-0.3, -0.25) is 19.2 Å². The van der Waals surface area contributed by atoms with E-state index in [0.29, 0.717) is 94.9 Å². The molecule has 14 heteroatoms. The molecule has 0 aliphatic carbocycles. The quantitative estimate of drug-likeness (QED) is 0.0257. The molecule has 0 aliphatic heterocycles. The van der Waals surface area contributed by atoms with E-state index in [1.165, 1.54) is 353 Å². The molecule has 0 radical (unpaired) electrons. The predicted molar refractivity (Wildman–Crippen MR) is 526 cm³/mol. The zero-order valence-corrected chi connectivity index (χ0v) is 83.9. The maximum absolute atomic E-state index is 12.8. The van der Waals surface area contributed by atoms with Crippen LogP contribution in [0.4, 0.5) is 0 Å². The normalized spacial score (nSPS) is 12.5. The van der Waals surface area contributed by atoms with Crippen molar-refractivity contribution in [3.63, 3.8) is 0 Å². The highest BCUT2D eigenvalue weighted by atomic mass is 35.5. The molecule has 0 spiro atoms. The van der Waals surface area contributed by atoms with Gasteiger partial charge in [-0.05, 0) is 185 Å². The van der Waals surface area contributed by atoms with Crippen LogP contribution in [-0.2, 0) is 38.1 Å². The summed E-state index contributed by atoms with van der Waals surface area (Å²) in [6.07, 6.45) is 87.8. The Hall–Kier alpha value is -2.03. The largest absolute Gasteiger partial charge is 0.465 e. The number of alkyl halides is 1. The molecule has 0 saturated heterocycles. The van der Waals surface area contributed by atoms with Crippen LogP contribution in [0.1, 0.15) is 537 Å².